The predicted octanol–water partition coefficient (Wildman–Crippen LogP) is 2.12. The van der Waals surface area contributed by atoms with Crippen molar-refractivity contribution in [3.05, 3.63) is 24.3 Å². The Kier molecular flexibility index (Phi) is 7.97. The molecule has 0 rings (SSSR count). The lowest BCUT2D eigenvalue weighted by molar-refractivity contribution is 0.911. The van der Waals surface area contributed by atoms with Crippen LogP contribution in [-0.4, -0.2) is 13.6 Å². The van der Waals surface area contributed by atoms with E-state index in [0.29, 0.717) is 0 Å². The third kappa shape index (κ3) is 7.44. The van der Waals surface area contributed by atoms with Crippen molar-refractivity contribution in [3.8, 4) is 0 Å². The molecule has 0 amide bonds. The number of allylic oxidation sites excluding steroid dienone is 3. The molecule has 1 N–H and O–H groups in total. The summed E-state index contributed by atoms with van der Waals surface area (Å²) in [6.07, 6.45) is 11.0. The average molecular weight is 139 g/mol. The molecular formula is C9H17N. The molecule has 0 aliphatic carbocycles. The Balaban J connectivity index is 3.02. The summed E-state index contributed by atoms with van der Waals surface area (Å²) in [5, 5.41) is 3.05. The van der Waals surface area contributed by atoms with E-state index in [1.165, 1.54) is 0 Å². The summed E-state index contributed by atoms with van der Waals surface area (Å²) in [5.74, 6) is 0. The zero-order valence-electron chi connectivity index (χ0n) is 6.93. The Labute approximate surface area is 63.8 Å². The van der Waals surface area contributed by atoms with Gasteiger partial charge in [0, 0.05) is 6.54 Å². The van der Waals surface area contributed by atoms with Crippen LogP contribution in [0, 0.1) is 0 Å². The Bertz CT molecular complexity index is 103. The fourth-order valence-corrected chi connectivity index (χ4v) is 0.678. The molecule has 58 valence electrons. The number of hydrogen-bond acceptors (Lipinski definition) is 1. The summed E-state index contributed by atoms with van der Waals surface area (Å²) >= 11 is 0. The number of unbranched alkanes of at least 4 members (excludes halogenated alkanes) is 1. The molecule has 0 aromatic carbocycles. The van der Waals surface area contributed by atoms with Crippen LogP contribution in [-0.2, 0) is 0 Å². The summed E-state index contributed by atoms with van der Waals surface area (Å²) in [6, 6.07) is 0. The van der Waals surface area contributed by atoms with Gasteiger partial charge < -0.3 is 5.32 Å². The van der Waals surface area contributed by atoms with Gasteiger partial charge in [0.15, 0.2) is 0 Å². The zero-order chi connectivity index (χ0) is 7.66. The molecular weight excluding hydrogens is 122 g/mol. The standard InChI is InChI=1S/C9H17N/c1-3-4-5-6-7-8-9-10-2/h3-4,7-8,10H,5-6,9H2,1-2H3. The van der Waals surface area contributed by atoms with Gasteiger partial charge in [0.2, 0.25) is 0 Å². The van der Waals surface area contributed by atoms with E-state index < -0.39 is 0 Å². The van der Waals surface area contributed by atoms with E-state index in [9.17, 15) is 0 Å². The minimum atomic E-state index is 0.982. The summed E-state index contributed by atoms with van der Waals surface area (Å²) in [6.45, 7) is 3.03. The van der Waals surface area contributed by atoms with Gasteiger partial charge in [-0.3, -0.25) is 0 Å². The summed E-state index contributed by atoms with van der Waals surface area (Å²) < 4.78 is 0. The van der Waals surface area contributed by atoms with Crippen molar-refractivity contribution in [1.82, 2.24) is 5.32 Å². The molecule has 0 bridgehead atoms. The first-order chi connectivity index (χ1) is 4.91. The van der Waals surface area contributed by atoms with Gasteiger partial charge in [-0.25, -0.2) is 0 Å². The van der Waals surface area contributed by atoms with Gasteiger partial charge in [-0.2, -0.15) is 0 Å². The molecule has 0 aromatic rings. The quantitative estimate of drug-likeness (QED) is 0.454. The summed E-state index contributed by atoms with van der Waals surface area (Å²) in [7, 11) is 1.95. The number of hydrogen-bond donors (Lipinski definition) is 1. The highest BCUT2D eigenvalue weighted by atomic mass is 14.8. The lowest BCUT2D eigenvalue weighted by Crippen LogP contribution is -2.03. The minimum absolute atomic E-state index is 0.982. The SMILES string of the molecule is CC=CCCC=CCNC. The molecule has 0 spiro atoms. The van der Waals surface area contributed by atoms with Crippen LogP contribution < -0.4 is 5.32 Å². The molecule has 0 aliphatic rings. The van der Waals surface area contributed by atoms with E-state index in [-0.39, 0.29) is 0 Å². The highest BCUT2D eigenvalue weighted by molar-refractivity contribution is 4.87. The molecule has 0 saturated heterocycles. The van der Waals surface area contributed by atoms with Gasteiger partial charge in [-0.15, -0.1) is 0 Å². The first-order valence-corrected chi connectivity index (χ1v) is 3.82. The van der Waals surface area contributed by atoms with Crippen LogP contribution >= 0.6 is 0 Å². The Morgan fingerprint density at radius 1 is 1.10 bits per heavy atom. The van der Waals surface area contributed by atoms with Gasteiger partial charge >= 0.3 is 0 Å². The lowest BCUT2D eigenvalue weighted by atomic mass is 10.3. The van der Waals surface area contributed by atoms with Crippen molar-refractivity contribution in [1.29, 1.82) is 0 Å². The molecule has 0 aromatic heterocycles. The van der Waals surface area contributed by atoms with Crippen molar-refractivity contribution in [3.63, 3.8) is 0 Å². The molecule has 0 unspecified atom stereocenters. The van der Waals surface area contributed by atoms with Crippen molar-refractivity contribution in [2.45, 2.75) is 19.8 Å². The van der Waals surface area contributed by atoms with Crippen LogP contribution in [0.4, 0.5) is 0 Å². The van der Waals surface area contributed by atoms with Crippen LogP contribution in [0.5, 0.6) is 0 Å². The normalized spacial score (nSPS) is 11.8. The van der Waals surface area contributed by atoms with Crippen molar-refractivity contribution >= 4 is 0 Å². The molecule has 0 saturated carbocycles. The fraction of sp³-hybridized carbons (Fsp3) is 0.556. The number of rotatable bonds is 5. The van der Waals surface area contributed by atoms with Crippen LogP contribution in [0.1, 0.15) is 19.8 Å². The number of likely N-dealkylation sites (N-methyl/N-ethyl adjacent to an activating group) is 1. The topological polar surface area (TPSA) is 12.0 Å². The van der Waals surface area contributed by atoms with Crippen molar-refractivity contribution in [2.24, 2.45) is 0 Å². The molecule has 0 heterocycles. The zero-order valence-corrected chi connectivity index (χ0v) is 6.93. The fourth-order valence-electron chi connectivity index (χ4n) is 0.678. The van der Waals surface area contributed by atoms with Crippen molar-refractivity contribution < 1.29 is 0 Å². The van der Waals surface area contributed by atoms with E-state index in [4.69, 9.17) is 0 Å². The van der Waals surface area contributed by atoms with Crippen LogP contribution in [0.25, 0.3) is 0 Å². The molecule has 1 heteroatoms. The highest BCUT2D eigenvalue weighted by Crippen LogP contribution is 1.91. The van der Waals surface area contributed by atoms with Crippen LogP contribution in [0.15, 0.2) is 24.3 Å². The van der Waals surface area contributed by atoms with Crippen LogP contribution in [0.2, 0.25) is 0 Å². The first kappa shape index (κ1) is 9.44. The highest BCUT2D eigenvalue weighted by Gasteiger charge is 1.74. The van der Waals surface area contributed by atoms with Crippen LogP contribution in [0.3, 0.4) is 0 Å². The van der Waals surface area contributed by atoms with Gasteiger partial charge in [-0.1, -0.05) is 24.3 Å². The molecule has 1 nitrogen and oxygen atoms in total. The maximum atomic E-state index is 3.05. The molecule has 0 fully saturated rings. The van der Waals surface area contributed by atoms with E-state index in [1.54, 1.807) is 0 Å². The monoisotopic (exact) mass is 139 g/mol. The summed E-state index contributed by atoms with van der Waals surface area (Å²) in [4.78, 5) is 0. The Hall–Kier alpha value is -0.560. The van der Waals surface area contributed by atoms with Gasteiger partial charge in [-0.05, 0) is 26.8 Å². The molecule has 0 aliphatic heterocycles. The van der Waals surface area contributed by atoms with Gasteiger partial charge in [0.05, 0.1) is 0 Å². The average Bonchev–Trinajstić information content (AvgIpc) is 1.97. The molecule has 0 atom stereocenters. The predicted molar refractivity (Wildman–Crippen MR) is 47.1 cm³/mol. The number of nitrogens with one attached hydrogen (secondary N) is 1. The minimum Gasteiger partial charge on any atom is -0.316 e. The smallest absolute Gasteiger partial charge is 0.0131 e. The largest absolute Gasteiger partial charge is 0.316 e. The van der Waals surface area contributed by atoms with Gasteiger partial charge in [0.25, 0.3) is 0 Å². The second-order valence-electron chi connectivity index (χ2n) is 2.18. The maximum absolute atomic E-state index is 3.05. The van der Waals surface area contributed by atoms with Gasteiger partial charge in [0.1, 0.15) is 0 Å². The second-order valence-corrected chi connectivity index (χ2v) is 2.18. The van der Waals surface area contributed by atoms with E-state index in [0.717, 1.165) is 19.4 Å². The maximum Gasteiger partial charge on any atom is 0.0131 e. The summed E-state index contributed by atoms with van der Waals surface area (Å²) in [5.41, 5.74) is 0. The Morgan fingerprint density at radius 2 is 1.80 bits per heavy atom. The third-order valence-corrected chi connectivity index (χ3v) is 1.22. The third-order valence-electron chi connectivity index (χ3n) is 1.22. The van der Waals surface area contributed by atoms with E-state index in [2.05, 4.69) is 36.5 Å². The van der Waals surface area contributed by atoms with Crippen molar-refractivity contribution in [2.75, 3.05) is 13.6 Å². The van der Waals surface area contributed by atoms with E-state index in [1.807, 2.05) is 7.05 Å². The molecule has 10 heavy (non-hydrogen) atoms. The second kappa shape index (κ2) is 8.44. The Morgan fingerprint density at radius 3 is 2.40 bits per heavy atom. The molecule has 0 radical (unpaired) electrons. The first-order valence-electron chi connectivity index (χ1n) is 3.82. The lowest BCUT2D eigenvalue weighted by Gasteiger charge is -1.87. The van der Waals surface area contributed by atoms with E-state index >= 15 is 0 Å².